The summed E-state index contributed by atoms with van der Waals surface area (Å²) in [6.07, 6.45) is 0. The van der Waals surface area contributed by atoms with Crippen molar-refractivity contribution in [3.63, 3.8) is 0 Å². The van der Waals surface area contributed by atoms with E-state index in [1.54, 1.807) is 34.5 Å². The summed E-state index contributed by atoms with van der Waals surface area (Å²) in [6.45, 7) is 3.33. The normalized spacial score (nSPS) is 11.4. The van der Waals surface area contributed by atoms with E-state index in [-0.39, 0.29) is 19.1 Å². The van der Waals surface area contributed by atoms with Gasteiger partial charge in [0.25, 0.3) is 5.91 Å². The molecule has 3 N–H and O–H groups in total. The van der Waals surface area contributed by atoms with Gasteiger partial charge < -0.3 is 20.1 Å². The number of aryl methyl sites for hydroxylation is 3. The van der Waals surface area contributed by atoms with E-state index in [2.05, 4.69) is 15.4 Å². The van der Waals surface area contributed by atoms with Crippen LogP contribution in [0.25, 0.3) is 11.0 Å². The minimum atomic E-state index is -0.443. The molecule has 0 saturated heterocycles. The van der Waals surface area contributed by atoms with Crippen LogP contribution in [0.4, 0.5) is 5.69 Å². The van der Waals surface area contributed by atoms with Crippen LogP contribution < -0.4 is 5.32 Å². The number of aliphatic hydroxyl groups excluding tert-OH is 2. The Hall–Kier alpha value is -2.71. The maximum atomic E-state index is 12.3. The van der Waals surface area contributed by atoms with Crippen molar-refractivity contribution < 1.29 is 15.0 Å². The second-order valence-corrected chi connectivity index (χ2v) is 6.00. The number of nitrogens with one attached hydrogen (secondary N) is 1. The molecule has 0 unspecified atom stereocenters. The standard InChI is InChI=1S/C17H21N5O3/c1-10-6-15(20-21(10)3)17(25)19-12-4-5-16-14(7-12)18-11(2)22(16)13(8-23)9-24/h4-7,13,23-24H,8-9H2,1-3H3,(H,19,25). The van der Waals surface area contributed by atoms with E-state index in [1.807, 2.05) is 19.9 Å². The van der Waals surface area contributed by atoms with Crippen LogP contribution in [0.3, 0.4) is 0 Å². The van der Waals surface area contributed by atoms with Crippen molar-refractivity contribution in [1.29, 1.82) is 0 Å². The summed E-state index contributed by atoms with van der Waals surface area (Å²) < 4.78 is 3.44. The average molecular weight is 343 g/mol. The molecule has 0 fully saturated rings. The molecular weight excluding hydrogens is 322 g/mol. The Kier molecular flexibility index (Phi) is 4.56. The van der Waals surface area contributed by atoms with Crippen molar-refractivity contribution in [1.82, 2.24) is 19.3 Å². The van der Waals surface area contributed by atoms with Crippen LogP contribution in [0.2, 0.25) is 0 Å². The van der Waals surface area contributed by atoms with Crippen LogP contribution >= 0.6 is 0 Å². The lowest BCUT2D eigenvalue weighted by Crippen LogP contribution is -2.18. The zero-order valence-corrected chi connectivity index (χ0v) is 14.4. The zero-order valence-electron chi connectivity index (χ0n) is 14.4. The highest BCUT2D eigenvalue weighted by molar-refractivity contribution is 6.03. The average Bonchev–Trinajstić information content (AvgIpc) is 3.08. The van der Waals surface area contributed by atoms with Crippen LogP contribution in [0.5, 0.6) is 0 Å². The number of hydrogen-bond acceptors (Lipinski definition) is 5. The first-order chi connectivity index (χ1) is 11.9. The van der Waals surface area contributed by atoms with E-state index in [0.29, 0.717) is 22.7 Å². The van der Waals surface area contributed by atoms with Crippen molar-refractivity contribution in [3.8, 4) is 0 Å². The number of fused-ring (bicyclic) bond motifs is 1. The fraction of sp³-hybridized carbons (Fsp3) is 0.353. The summed E-state index contributed by atoms with van der Waals surface area (Å²) >= 11 is 0. The molecule has 25 heavy (non-hydrogen) atoms. The third kappa shape index (κ3) is 3.13. The third-order valence-electron chi connectivity index (χ3n) is 4.26. The van der Waals surface area contributed by atoms with Crippen molar-refractivity contribution >= 4 is 22.6 Å². The highest BCUT2D eigenvalue weighted by atomic mass is 16.3. The van der Waals surface area contributed by atoms with Crippen molar-refractivity contribution in [2.45, 2.75) is 19.9 Å². The fourth-order valence-electron chi connectivity index (χ4n) is 2.85. The minimum Gasteiger partial charge on any atom is -0.394 e. The van der Waals surface area contributed by atoms with Gasteiger partial charge in [-0.25, -0.2) is 4.98 Å². The Balaban J connectivity index is 1.90. The maximum absolute atomic E-state index is 12.3. The molecule has 2 aromatic heterocycles. The quantitative estimate of drug-likeness (QED) is 0.645. The summed E-state index contributed by atoms with van der Waals surface area (Å²) in [6, 6.07) is 6.62. The number of amides is 1. The lowest BCUT2D eigenvalue weighted by atomic mass is 10.2. The van der Waals surface area contributed by atoms with Gasteiger partial charge in [0.15, 0.2) is 5.69 Å². The molecule has 132 valence electrons. The Labute approximate surface area is 144 Å². The van der Waals surface area contributed by atoms with Gasteiger partial charge >= 0.3 is 0 Å². The second kappa shape index (κ2) is 6.66. The van der Waals surface area contributed by atoms with E-state index in [9.17, 15) is 15.0 Å². The fourth-order valence-corrected chi connectivity index (χ4v) is 2.85. The molecule has 2 heterocycles. The SMILES string of the molecule is Cc1cc(C(=O)Nc2ccc3c(c2)nc(C)n3C(CO)CO)nn1C. The minimum absolute atomic E-state index is 0.180. The van der Waals surface area contributed by atoms with Gasteiger partial charge in [-0.15, -0.1) is 0 Å². The molecule has 0 saturated carbocycles. The number of nitrogens with zero attached hydrogens (tertiary/aromatic N) is 4. The number of hydrogen-bond donors (Lipinski definition) is 3. The predicted octanol–water partition coefficient (Wildman–Crippen LogP) is 1.16. The van der Waals surface area contributed by atoms with Crippen molar-refractivity contribution in [3.05, 3.63) is 41.5 Å². The summed E-state index contributed by atoms with van der Waals surface area (Å²) in [7, 11) is 1.78. The van der Waals surface area contributed by atoms with Crippen LogP contribution in [0.1, 0.15) is 28.0 Å². The van der Waals surface area contributed by atoms with Gasteiger partial charge in [0.1, 0.15) is 5.82 Å². The highest BCUT2D eigenvalue weighted by Gasteiger charge is 2.17. The number of aliphatic hydroxyl groups is 2. The summed E-state index contributed by atoms with van der Waals surface area (Å²) in [5.74, 6) is 0.398. The van der Waals surface area contributed by atoms with Gasteiger partial charge in [-0.3, -0.25) is 9.48 Å². The van der Waals surface area contributed by atoms with E-state index in [1.165, 1.54) is 0 Å². The van der Waals surface area contributed by atoms with Crippen LogP contribution in [0, 0.1) is 13.8 Å². The predicted molar refractivity (Wildman–Crippen MR) is 93.6 cm³/mol. The molecule has 3 aromatic rings. The van der Waals surface area contributed by atoms with E-state index in [0.717, 1.165) is 11.2 Å². The zero-order chi connectivity index (χ0) is 18.1. The number of imidazole rings is 1. The van der Waals surface area contributed by atoms with Crippen LogP contribution in [-0.2, 0) is 7.05 Å². The van der Waals surface area contributed by atoms with E-state index < -0.39 is 6.04 Å². The third-order valence-corrected chi connectivity index (χ3v) is 4.26. The highest BCUT2D eigenvalue weighted by Crippen LogP contribution is 2.24. The van der Waals surface area contributed by atoms with Gasteiger partial charge in [0.05, 0.1) is 30.3 Å². The maximum Gasteiger partial charge on any atom is 0.276 e. The Morgan fingerprint density at radius 3 is 2.56 bits per heavy atom. The molecule has 0 bridgehead atoms. The van der Waals surface area contributed by atoms with Gasteiger partial charge in [0, 0.05) is 18.4 Å². The smallest absolute Gasteiger partial charge is 0.276 e. The van der Waals surface area contributed by atoms with Gasteiger partial charge in [0.2, 0.25) is 0 Å². The number of carbonyl (C=O) groups excluding carboxylic acids is 1. The van der Waals surface area contributed by atoms with E-state index in [4.69, 9.17) is 0 Å². The molecule has 0 aliphatic carbocycles. The topological polar surface area (TPSA) is 105 Å². The second-order valence-electron chi connectivity index (χ2n) is 6.00. The Morgan fingerprint density at radius 2 is 1.96 bits per heavy atom. The number of benzene rings is 1. The summed E-state index contributed by atoms with van der Waals surface area (Å²) in [5.41, 5.74) is 3.32. The molecule has 0 aliphatic rings. The summed E-state index contributed by atoms with van der Waals surface area (Å²) in [5, 5.41) is 25.8. The molecule has 8 nitrogen and oxygen atoms in total. The van der Waals surface area contributed by atoms with E-state index >= 15 is 0 Å². The summed E-state index contributed by atoms with van der Waals surface area (Å²) in [4.78, 5) is 16.8. The first kappa shape index (κ1) is 17.1. The first-order valence-electron chi connectivity index (χ1n) is 7.97. The molecule has 3 rings (SSSR count). The lowest BCUT2D eigenvalue weighted by molar-refractivity contribution is 0.102. The van der Waals surface area contributed by atoms with Crippen molar-refractivity contribution in [2.24, 2.45) is 7.05 Å². The number of rotatable bonds is 5. The largest absolute Gasteiger partial charge is 0.394 e. The molecule has 0 aliphatic heterocycles. The molecule has 0 spiro atoms. The lowest BCUT2D eigenvalue weighted by Gasteiger charge is -2.16. The van der Waals surface area contributed by atoms with Crippen LogP contribution in [-0.4, -0.2) is 48.7 Å². The first-order valence-corrected chi connectivity index (χ1v) is 7.97. The Morgan fingerprint density at radius 1 is 1.24 bits per heavy atom. The molecule has 1 amide bonds. The monoisotopic (exact) mass is 343 g/mol. The molecule has 8 heteroatoms. The van der Waals surface area contributed by atoms with Crippen molar-refractivity contribution in [2.75, 3.05) is 18.5 Å². The Bertz CT molecular complexity index is 904. The number of aromatic nitrogens is 4. The number of carbonyl (C=O) groups is 1. The van der Waals surface area contributed by atoms with Gasteiger partial charge in [-0.2, -0.15) is 5.10 Å². The van der Waals surface area contributed by atoms with Gasteiger partial charge in [-0.1, -0.05) is 0 Å². The van der Waals surface area contributed by atoms with Gasteiger partial charge in [-0.05, 0) is 38.1 Å². The number of anilines is 1. The molecule has 0 atom stereocenters. The van der Waals surface area contributed by atoms with Crippen LogP contribution in [0.15, 0.2) is 24.3 Å². The molecular formula is C17H21N5O3. The molecule has 0 radical (unpaired) electrons. The molecule has 1 aromatic carbocycles.